The van der Waals surface area contributed by atoms with Crippen LogP contribution in [0.2, 0.25) is 0 Å². The molecule has 0 aromatic rings. The quantitative estimate of drug-likeness (QED) is 0.425. The second kappa shape index (κ2) is 15.0. The highest BCUT2D eigenvalue weighted by Gasteiger charge is 1.98. The van der Waals surface area contributed by atoms with Gasteiger partial charge in [-0.05, 0) is 25.9 Å². The summed E-state index contributed by atoms with van der Waals surface area (Å²) < 4.78 is 5.67. The predicted molar refractivity (Wildman–Crippen MR) is 81.2 cm³/mol. The maximum absolute atomic E-state index is 5.67. The summed E-state index contributed by atoms with van der Waals surface area (Å²) in [5.41, 5.74) is 0. The highest BCUT2D eigenvalue weighted by molar-refractivity contribution is 4.51. The van der Waals surface area contributed by atoms with Crippen LogP contribution in [-0.4, -0.2) is 37.7 Å². The predicted octanol–water partition coefficient (Wildman–Crippen LogP) is 4.49. The normalized spacial score (nSPS) is 11.3. The Morgan fingerprint density at radius 3 is 1.83 bits per heavy atom. The van der Waals surface area contributed by atoms with Crippen molar-refractivity contribution >= 4 is 0 Å². The van der Waals surface area contributed by atoms with E-state index in [1.807, 2.05) is 0 Å². The molecule has 0 saturated carbocycles. The van der Waals surface area contributed by atoms with E-state index in [0.717, 1.165) is 26.3 Å². The van der Waals surface area contributed by atoms with Crippen LogP contribution in [0.25, 0.3) is 0 Å². The SMILES string of the molecule is CCCCCCCCCOCCCN(CC)CC. The minimum absolute atomic E-state index is 0.937. The summed E-state index contributed by atoms with van der Waals surface area (Å²) in [6.07, 6.45) is 10.7. The Hall–Kier alpha value is -0.0800. The molecule has 0 bridgehead atoms. The van der Waals surface area contributed by atoms with Gasteiger partial charge < -0.3 is 9.64 Å². The molecular formula is C16H35NO. The van der Waals surface area contributed by atoms with Gasteiger partial charge in [-0.3, -0.25) is 0 Å². The standard InChI is InChI=1S/C16H35NO/c1-4-7-8-9-10-11-12-15-18-16-13-14-17(5-2)6-3/h4-16H2,1-3H3. The van der Waals surface area contributed by atoms with E-state index in [0.29, 0.717) is 0 Å². The molecule has 110 valence electrons. The van der Waals surface area contributed by atoms with Crippen molar-refractivity contribution in [3.8, 4) is 0 Å². The Kier molecular flexibility index (Phi) is 14.9. The minimum atomic E-state index is 0.937. The molecule has 0 aromatic heterocycles. The molecule has 0 unspecified atom stereocenters. The molecule has 0 radical (unpaired) electrons. The van der Waals surface area contributed by atoms with Crippen molar-refractivity contribution < 1.29 is 4.74 Å². The Balaban J connectivity index is 3.03. The first-order valence-electron chi connectivity index (χ1n) is 8.15. The molecule has 0 heterocycles. The lowest BCUT2D eigenvalue weighted by Gasteiger charge is -2.17. The van der Waals surface area contributed by atoms with Gasteiger partial charge in [0.15, 0.2) is 0 Å². The van der Waals surface area contributed by atoms with Crippen molar-refractivity contribution in [3.63, 3.8) is 0 Å². The lowest BCUT2D eigenvalue weighted by Crippen LogP contribution is -2.24. The van der Waals surface area contributed by atoms with Crippen molar-refractivity contribution in [2.45, 2.75) is 72.1 Å². The molecule has 0 saturated heterocycles. The van der Waals surface area contributed by atoms with E-state index in [1.54, 1.807) is 0 Å². The van der Waals surface area contributed by atoms with E-state index in [1.165, 1.54) is 57.9 Å². The van der Waals surface area contributed by atoms with Gasteiger partial charge in [0, 0.05) is 19.8 Å². The van der Waals surface area contributed by atoms with Crippen LogP contribution in [0.1, 0.15) is 72.1 Å². The first-order chi connectivity index (χ1) is 8.85. The molecule has 0 spiro atoms. The largest absolute Gasteiger partial charge is 0.381 e. The minimum Gasteiger partial charge on any atom is -0.381 e. The first kappa shape index (κ1) is 17.9. The number of ether oxygens (including phenoxy) is 1. The molecule has 0 fully saturated rings. The number of rotatable bonds is 14. The summed E-state index contributed by atoms with van der Waals surface area (Å²) >= 11 is 0. The van der Waals surface area contributed by atoms with E-state index in [2.05, 4.69) is 25.7 Å². The van der Waals surface area contributed by atoms with Gasteiger partial charge in [-0.15, -0.1) is 0 Å². The van der Waals surface area contributed by atoms with Crippen molar-refractivity contribution in [1.82, 2.24) is 4.90 Å². The zero-order chi connectivity index (χ0) is 13.5. The molecule has 0 amide bonds. The van der Waals surface area contributed by atoms with E-state index in [4.69, 9.17) is 4.74 Å². The van der Waals surface area contributed by atoms with Gasteiger partial charge in [0.05, 0.1) is 0 Å². The molecule has 2 nitrogen and oxygen atoms in total. The van der Waals surface area contributed by atoms with E-state index in [9.17, 15) is 0 Å². The molecule has 0 rings (SSSR count). The van der Waals surface area contributed by atoms with Crippen molar-refractivity contribution in [3.05, 3.63) is 0 Å². The van der Waals surface area contributed by atoms with Gasteiger partial charge in [0.1, 0.15) is 0 Å². The van der Waals surface area contributed by atoms with Gasteiger partial charge in [0.25, 0.3) is 0 Å². The highest BCUT2D eigenvalue weighted by atomic mass is 16.5. The van der Waals surface area contributed by atoms with Crippen LogP contribution in [0.4, 0.5) is 0 Å². The fourth-order valence-electron chi connectivity index (χ4n) is 2.19. The van der Waals surface area contributed by atoms with Crippen LogP contribution < -0.4 is 0 Å². The highest BCUT2D eigenvalue weighted by Crippen LogP contribution is 2.06. The van der Waals surface area contributed by atoms with Crippen molar-refractivity contribution in [2.75, 3.05) is 32.8 Å². The molecule has 0 aliphatic carbocycles. The molecule has 0 aliphatic heterocycles. The van der Waals surface area contributed by atoms with Crippen molar-refractivity contribution in [1.29, 1.82) is 0 Å². The van der Waals surface area contributed by atoms with Crippen LogP contribution in [0.3, 0.4) is 0 Å². The number of unbranched alkanes of at least 4 members (excludes halogenated alkanes) is 6. The first-order valence-corrected chi connectivity index (χ1v) is 8.15. The fraction of sp³-hybridized carbons (Fsp3) is 1.00. The maximum atomic E-state index is 5.67. The zero-order valence-corrected chi connectivity index (χ0v) is 13.0. The molecule has 0 aromatic carbocycles. The lowest BCUT2D eigenvalue weighted by atomic mass is 10.1. The molecular weight excluding hydrogens is 222 g/mol. The Morgan fingerprint density at radius 1 is 0.667 bits per heavy atom. The van der Waals surface area contributed by atoms with E-state index < -0.39 is 0 Å². The van der Waals surface area contributed by atoms with Gasteiger partial charge in [-0.25, -0.2) is 0 Å². The van der Waals surface area contributed by atoms with Gasteiger partial charge in [-0.2, -0.15) is 0 Å². The molecule has 2 heteroatoms. The third-order valence-corrected chi connectivity index (χ3v) is 3.55. The Labute approximate surface area is 115 Å². The topological polar surface area (TPSA) is 12.5 Å². The molecule has 0 aliphatic rings. The summed E-state index contributed by atoms with van der Waals surface area (Å²) in [7, 11) is 0. The monoisotopic (exact) mass is 257 g/mol. The van der Waals surface area contributed by atoms with Crippen LogP contribution in [0.15, 0.2) is 0 Å². The van der Waals surface area contributed by atoms with Crippen LogP contribution in [-0.2, 0) is 4.74 Å². The van der Waals surface area contributed by atoms with Gasteiger partial charge in [-0.1, -0.05) is 59.3 Å². The average Bonchev–Trinajstić information content (AvgIpc) is 2.40. The summed E-state index contributed by atoms with van der Waals surface area (Å²) in [5, 5.41) is 0. The third-order valence-electron chi connectivity index (χ3n) is 3.55. The van der Waals surface area contributed by atoms with Crippen LogP contribution >= 0.6 is 0 Å². The lowest BCUT2D eigenvalue weighted by molar-refractivity contribution is 0.118. The summed E-state index contributed by atoms with van der Waals surface area (Å²) in [6, 6.07) is 0. The number of hydrogen-bond donors (Lipinski definition) is 0. The fourth-order valence-corrected chi connectivity index (χ4v) is 2.19. The summed E-state index contributed by atoms with van der Waals surface area (Å²) in [5.74, 6) is 0. The number of hydrogen-bond acceptors (Lipinski definition) is 2. The second-order valence-electron chi connectivity index (χ2n) is 5.11. The molecule has 0 atom stereocenters. The smallest absolute Gasteiger partial charge is 0.0478 e. The van der Waals surface area contributed by atoms with Gasteiger partial charge >= 0.3 is 0 Å². The molecule has 18 heavy (non-hydrogen) atoms. The van der Waals surface area contributed by atoms with Crippen molar-refractivity contribution in [2.24, 2.45) is 0 Å². The Morgan fingerprint density at radius 2 is 1.22 bits per heavy atom. The second-order valence-corrected chi connectivity index (χ2v) is 5.11. The van der Waals surface area contributed by atoms with Crippen LogP contribution in [0, 0.1) is 0 Å². The van der Waals surface area contributed by atoms with E-state index >= 15 is 0 Å². The average molecular weight is 257 g/mol. The van der Waals surface area contributed by atoms with Crippen LogP contribution in [0.5, 0.6) is 0 Å². The Bertz CT molecular complexity index is 146. The summed E-state index contributed by atoms with van der Waals surface area (Å²) in [4.78, 5) is 2.46. The molecule has 0 N–H and O–H groups in total. The van der Waals surface area contributed by atoms with E-state index in [-0.39, 0.29) is 0 Å². The van der Waals surface area contributed by atoms with Gasteiger partial charge in [0.2, 0.25) is 0 Å². The zero-order valence-electron chi connectivity index (χ0n) is 13.0. The summed E-state index contributed by atoms with van der Waals surface area (Å²) in [6.45, 7) is 12.1. The maximum Gasteiger partial charge on any atom is 0.0478 e. The number of nitrogens with zero attached hydrogens (tertiary/aromatic N) is 1. The third kappa shape index (κ3) is 12.4.